The first-order valence-corrected chi connectivity index (χ1v) is 6.17. The molecule has 3 amide bonds. The summed E-state index contributed by atoms with van der Waals surface area (Å²) in [6.07, 6.45) is 0. The summed E-state index contributed by atoms with van der Waals surface area (Å²) in [5, 5.41) is -0.256. The minimum absolute atomic E-state index is 0.177. The van der Waals surface area contributed by atoms with Crippen LogP contribution >= 0.6 is 11.8 Å². The molecule has 6 nitrogen and oxygen atoms in total. The second kappa shape index (κ2) is 5.19. The summed E-state index contributed by atoms with van der Waals surface area (Å²) in [5.74, 6) is 4.60. The van der Waals surface area contributed by atoms with E-state index in [1.807, 2.05) is 5.43 Å². The zero-order valence-electron chi connectivity index (χ0n) is 9.38. The highest BCUT2D eigenvalue weighted by molar-refractivity contribution is 8.14. The number of benzene rings is 1. The van der Waals surface area contributed by atoms with Crippen LogP contribution in [0.3, 0.4) is 0 Å². The van der Waals surface area contributed by atoms with Gasteiger partial charge in [-0.3, -0.25) is 24.7 Å². The molecule has 7 heteroatoms. The van der Waals surface area contributed by atoms with Gasteiger partial charge in [0.2, 0.25) is 5.91 Å². The molecule has 0 unspecified atom stereocenters. The maximum atomic E-state index is 11.4. The van der Waals surface area contributed by atoms with E-state index >= 15 is 0 Å². The van der Waals surface area contributed by atoms with E-state index in [0.29, 0.717) is 11.1 Å². The molecule has 1 aliphatic heterocycles. The topological polar surface area (TPSA) is 92.5 Å². The van der Waals surface area contributed by atoms with Crippen molar-refractivity contribution in [1.29, 1.82) is 0 Å². The van der Waals surface area contributed by atoms with E-state index in [0.717, 1.165) is 11.8 Å². The minimum atomic E-state index is -0.412. The molecule has 0 spiro atoms. The van der Waals surface area contributed by atoms with E-state index in [-0.39, 0.29) is 23.4 Å². The third-order valence-corrected chi connectivity index (χ3v) is 3.36. The lowest BCUT2D eigenvalue weighted by molar-refractivity contribution is -0.125. The Morgan fingerprint density at radius 1 is 1.44 bits per heavy atom. The summed E-state index contributed by atoms with van der Waals surface area (Å²) in [6, 6.07) is 6.63. The van der Waals surface area contributed by atoms with Crippen molar-refractivity contribution in [3.8, 4) is 0 Å². The Kier molecular flexibility index (Phi) is 3.63. The molecular formula is C11H11N3O3S. The number of amides is 3. The van der Waals surface area contributed by atoms with E-state index in [2.05, 4.69) is 0 Å². The van der Waals surface area contributed by atoms with Gasteiger partial charge in [-0.25, -0.2) is 5.84 Å². The lowest BCUT2D eigenvalue weighted by Gasteiger charge is -2.13. The number of carbonyl (C=O) groups is 3. The molecule has 3 N–H and O–H groups in total. The van der Waals surface area contributed by atoms with Gasteiger partial charge >= 0.3 is 0 Å². The summed E-state index contributed by atoms with van der Waals surface area (Å²) in [5.41, 5.74) is 3.13. The van der Waals surface area contributed by atoms with Gasteiger partial charge < -0.3 is 0 Å². The normalized spacial score (nSPS) is 15.1. The highest BCUT2D eigenvalue weighted by Gasteiger charge is 2.29. The Morgan fingerprint density at radius 2 is 2.22 bits per heavy atom. The van der Waals surface area contributed by atoms with Crippen LogP contribution in [0, 0.1) is 0 Å². The van der Waals surface area contributed by atoms with Crippen LogP contribution in [0.1, 0.15) is 15.9 Å². The molecule has 0 aromatic heterocycles. The molecule has 1 aliphatic rings. The molecule has 18 heavy (non-hydrogen) atoms. The Morgan fingerprint density at radius 3 is 2.83 bits per heavy atom. The monoisotopic (exact) mass is 265 g/mol. The first-order valence-electron chi connectivity index (χ1n) is 5.19. The molecule has 1 fully saturated rings. The number of carbonyl (C=O) groups excluding carboxylic acids is 3. The first kappa shape index (κ1) is 12.6. The Hall–Kier alpha value is -1.86. The van der Waals surface area contributed by atoms with Crippen molar-refractivity contribution in [3.63, 3.8) is 0 Å². The van der Waals surface area contributed by atoms with E-state index in [4.69, 9.17) is 5.84 Å². The van der Waals surface area contributed by atoms with Gasteiger partial charge in [0.05, 0.1) is 12.3 Å². The van der Waals surface area contributed by atoms with Gasteiger partial charge in [-0.15, -0.1) is 0 Å². The van der Waals surface area contributed by atoms with Gasteiger partial charge in [0, 0.05) is 5.56 Å². The quantitative estimate of drug-likeness (QED) is 0.471. The fourth-order valence-electron chi connectivity index (χ4n) is 1.61. The first-order chi connectivity index (χ1) is 8.61. The Bertz CT molecular complexity index is 502. The van der Waals surface area contributed by atoms with Gasteiger partial charge in [-0.1, -0.05) is 23.9 Å². The molecule has 94 valence electrons. The van der Waals surface area contributed by atoms with E-state index in [1.165, 1.54) is 4.90 Å². The van der Waals surface area contributed by atoms with Gasteiger partial charge in [-0.05, 0) is 17.7 Å². The van der Waals surface area contributed by atoms with Gasteiger partial charge in [0.15, 0.2) is 0 Å². The van der Waals surface area contributed by atoms with Crippen molar-refractivity contribution < 1.29 is 14.4 Å². The number of hydrogen-bond acceptors (Lipinski definition) is 5. The van der Waals surface area contributed by atoms with Crippen LogP contribution < -0.4 is 11.3 Å². The van der Waals surface area contributed by atoms with Crippen LogP contribution in [0.15, 0.2) is 24.3 Å². The van der Waals surface area contributed by atoms with Crippen LogP contribution in [0.2, 0.25) is 0 Å². The number of nitrogens with zero attached hydrogens (tertiary/aromatic N) is 1. The highest BCUT2D eigenvalue weighted by Crippen LogP contribution is 2.21. The van der Waals surface area contributed by atoms with Crippen molar-refractivity contribution >= 4 is 28.8 Å². The smallest absolute Gasteiger partial charge is 0.289 e. The maximum Gasteiger partial charge on any atom is 0.289 e. The third-order valence-electron chi connectivity index (χ3n) is 2.50. The number of imide groups is 1. The van der Waals surface area contributed by atoms with E-state index < -0.39 is 5.91 Å². The van der Waals surface area contributed by atoms with Crippen molar-refractivity contribution in [1.82, 2.24) is 10.3 Å². The van der Waals surface area contributed by atoms with Crippen LogP contribution in [0.25, 0.3) is 0 Å². The molecule has 1 aromatic carbocycles. The largest absolute Gasteiger partial charge is 0.290 e. The summed E-state index contributed by atoms with van der Waals surface area (Å²) in [7, 11) is 0. The van der Waals surface area contributed by atoms with Crippen molar-refractivity contribution in [3.05, 3.63) is 35.4 Å². The maximum absolute atomic E-state index is 11.4. The fourth-order valence-corrected chi connectivity index (χ4v) is 2.34. The average Bonchev–Trinajstić information content (AvgIpc) is 2.70. The molecule has 0 radical (unpaired) electrons. The zero-order valence-corrected chi connectivity index (χ0v) is 10.2. The predicted octanol–water partition coefficient (Wildman–Crippen LogP) is 0.485. The summed E-state index contributed by atoms with van der Waals surface area (Å²) < 4.78 is 0. The average molecular weight is 265 g/mol. The summed E-state index contributed by atoms with van der Waals surface area (Å²) in [4.78, 5) is 35.4. The van der Waals surface area contributed by atoms with Gasteiger partial charge in [-0.2, -0.15) is 0 Å². The molecule has 1 aromatic rings. The summed E-state index contributed by atoms with van der Waals surface area (Å²) in [6.45, 7) is 0.177. The van der Waals surface area contributed by atoms with Gasteiger partial charge in [0.25, 0.3) is 11.1 Å². The minimum Gasteiger partial charge on any atom is -0.290 e. The van der Waals surface area contributed by atoms with Crippen LogP contribution in [-0.4, -0.2) is 27.7 Å². The third kappa shape index (κ3) is 2.52. The van der Waals surface area contributed by atoms with E-state index in [1.54, 1.807) is 24.3 Å². The van der Waals surface area contributed by atoms with Crippen LogP contribution in [0.4, 0.5) is 4.79 Å². The molecule has 0 aliphatic carbocycles. The number of rotatable bonds is 3. The summed E-state index contributed by atoms with van der Waals surface area (Å²) >= 11 is 0.986. The van der Waals surface area contributed by atoms with Crippen molar-refractivity contribution in [2.24, 2.45) is 5.84 Å². The molecule has 0 bridgehead atoms. The number of hydrogen-bond donors (Lipinski definition) is 2. The second-order valence-electron chi connectivity index (χ2n) is 3.71. The second-order valence-corrected chi connectivity index (χ2v) is 4.63. The zero-order chi connectivity index (χ0) is 13.1. The highest BCUT2D eigenvalue weighted by atomic mass is 32.2. The number of nitrogens with one attached hydrogen (secondary N) is 1. The molecule has 1 saturated heterocycles. The van der Waals surface area contributed by atoms with E-state index in [9.17, 15) is 14.4 Å². The molecule has 2 rings (SSSR count). The molecular weight excluding hydrogens is 254 g/mol. The van der Waals surface area contributed by atoms with Crippen molar-refractivity contribution in [2.45, 2.75) is 6.54 Å². The lowest BCUT2D eigenvalue weighted by Crippen LogP contribution is -2.30. The molecule has 0 atom stereocenters. The van der Waals surface area contributed by atoms with Crippen molar-refractivity contribution in [2.75, 3.05) is 5.75 Å². The molecule has 0 saturated carbocycles. The fraction of sp³-hybridized carbons (Fsp3) is 0.182. The number of thioether (sulfide) groups is 1. The van der Waals surface area contributed by atoms with Crippen LogP contribution in [-0.2, 0) is 11.3 Å². The van der Waals surface area contributed by atoms with Gasteiger partial charge in [0.1, 0.15) is 0 Å². The number of hydrazine groups is 1. The SMILES string of the molecule is NNC(=O)c1cccc(CN2C(=O)CSC2=O)c1. The standard InChI is InChI=1S/C11H11N3O3S/c12-13-10(16)8-3-1-2-7(4-8)5-14-9(15)6-18-11(14)17/h1-4H,5-6,12H2,(H,13,16). The Balaban J connectivity index is 2.17. The lowest BCUT2D eigenvalue weighted by atomic mass is 10.1. The Labute approximate surface area is 107 Å². The number of nitrogen functional groups attached to an aromatic ring is 1. The predicted molar refractivity (Wildman–Crippen MR) is 66.5 cm³/mol. The van der Waals surface area contributed by atoms with Crippen LogP contribution in [0.5, 0.6) is 0 Å². The molecule has 1 heterocycles. The number of nitrogens with two attached hydrogens (primary N) is 1.